The van der Waals surface area contributed by atoms with Crippen LogP contribution < -0.4 is 10.6 Å². The third kappa shape index (κ3) is 4.56. The first kappa shape index (κ1) is 19.8. The van der Waals surface area contributed by atoms with Crippen molar-refractivity contribution in [1.29, 1.82) is 0 Å². The molecule has 7 heteroatoms. The molecule has 2 amide bonds. The maximum absolute atomic E-state index is 13.0. The number of hydrogen-bond acceptors (Lipinski definition) is 3. The topological polar surface area (TPSA) is 76.0 Å². The molecule has 0 fully saturated rings. The Morgan fingerprint density at radius 2 is 1.87 bits per heavy atom. The van der Waals surface area contributed by atoms with E-state index >= 15 is 0 Å². The SMILES string of the molecule is O=C(CNC(=O)c1ccc(F)cc1)NC1CCCc2c1cnn2Cc1ccccc1. The van der Waals surface area contributed by atoms with Crippen molar-refractivity contribution in [2.75, 3.05) is 6.54 Å². The highest BCUT2D eigenvalue weighted by Crippen LogP contribution is 2.29. The highest BCUT2D eigenvalue weighted by Gasteiger charge is 2.25. The lowest BCUT2D eigenvalue weighted by molar-refractivity contribution is -0.121. The van der Waals surface area contributed by atoms with Gasteiger partial charge in [-0.2, -0.15) is 5.10 Å². The molecule has 154 valence electrons. The first-order valence-electron chi connectivity index (χ1n) is 10.0. The number of aromatic nitrogens is 2. The predicted molar refractivity (Wildman–Crippen MR) is 110 cm³/mol. The molecule has 1 aliphatic carbocycles. The Labute approximate surface area is 174 Å². The molecule has 0 radical (unpaired) electrons. The Balaban J connectivity index is 1.36. The number of hydrogen-bond donors (Lipinski definition) is 2. The molecule has 2 N–H and O–H groups in total. The lowest BCUT2D eigenvalue weighted by atomic mass is 9.93. The summed E-state index contributed by atoms with van der Waals surface area (Å²) in [4.78, 5) is 24.5. The number of amides is 2. The van der Waals surface area contributed by atoms with Gasteiger partial charge in [0.25, 0.3) is 5.91 Å². The van der Waals surface area contributed by atoms with Crippen molar-refractivity contribution in [2.24, 2.45) is 0 Å². The quantitative estimate of drug-likeness (QED) is 0.661. The van der Waals surface area contributed by atoms with Crippen LogP contribution in [0.5, 0.6) is 0 Å². The molecule has 0 spiro atoms. The molecule has 4 rings (SSSR count). The fraction of sp³-hybridized carbons (Fsp3) is 0.261. The van der Waals surface area contributed by atoms with Crippen LogP contribution in [0.25, 0.3) is 0 Å². The van der Waals surface area contributed by atoms with Crippen LogP contribution in [0, 0.1) is 5.82 Å². The highest BCUT2D eigenvalue weighted by molar-refractivity contribution is 5.96. The van der Waals surface area contributed by atoms with E-state index in [1.807, 2.05) is 29.1 Å². The summed E-state index contributed by atoms with van der Waals surface area (Å²) in [6.07, 6.45) is 4.55. The van der Waals surface area contributed by atoms with Crippen molar-refractivity contribution in [3.05, 3.63) is 89.0 Å². The van der Waals surface area contributed by atoms with Crippen LogP contribution in [0.1, 0.15) is 46.1 Å². The van der Waals surface area contributed by atoms with E-state index in [4.69, 9.17) is 0 Å². The normalized spacial score (nSPS) is 15.3. The van der Waals surface area contributed by atoms with Crippen LogP contribution in [0.15, 0.2) is 60.8 Å². The van der Waals surface area contributed by atoms with Crippen molar-refractivity contribution in [2.45, 2.75) is 31.8 Å². The van der Waals surface area contributed by atoms with E-state index in [0.717, 1.165) is 30.5 Å². The Morgan fingerprint density at radius 1 is 1.10 bits per heavy atom. The molecule has 1 heterocycles. The lowest BCUT2D eigenvalue weighted by Crippen LogP contribution is -2.39. The van der Waals surface area contributed by atoms with Gasteiger partial charge in [0.1, 0.15) is 5.82 Å². The average molecular weight is 406 g/mol. The summed E-state index contributed by atoms with van der Waals surface area (Å²) in [5.74, 6) is -1.09. The maximum atomic E-state index is 13.0. The van der Waals surface area contributed by atoms with Gasteiger partial charge in [0, 0.05) is 16.8 Å². The zero-order valence-electron chi connectivity index (χ0n) is 16.5. The Morgan fingerprint density at radius 3 is 2.63 bits per heavy atom. The molecular weight excluding hydrogens is 383 g/mol. The molecule has 0 saturated heterocycles. The van der Waals surface area contributed by atoms with E-state index < -0.39 is 11.7 Å². The highest BCUT2D eigenvalue weighted by atomic mass is 19.1. The number of halogens is 1. The second kappa shape index (κ2) is 8.90. The first-order chi connectivity index (χ1) is 14.6. The fourth-order valence-electron chi connectivity index (χ4n) is 3.77. The second-order valence-corrected chi connectivity index (χ2v) is 7.39. The number of nitrogens with one attached hydrogen (secondary N) is 2. The molecule has 0 bridgehead atoms. The predicted octanol–water partition coefficient (Wildman–Crippen LogP) is 2.99. The minimum absolute atomic E-state index is 0.117. The molecule has 1 atom stereocenters. The van der Waals surface area contributed by atoms with Gasteiger partial charge in [-0.1, -0.05) is 30.3 Å². The molecule has 0 aliphatic heterocycles. The van der Waals surface area contributed by atoms with E-state index in [2.05, 4.69) is 27.9 Å². The summed E-state index contributed by atoms with van der Waals surface area (Å²) in [7, 11) is 0. The van der Waals surface area contributed by atoms with Crippen molar-refractivity contribution >= 4 is 11.8 Å². The zero-order chi connectivity index (χ0) is 20.9. The average Bonchev–Trinajstić information content (AvgIpc) is 3.17. The molecule has 1 aliphatic rings. The van der Waals surface area contributed by atoms with E-state index in [1.54, 1.807) is 0 Å². The smallest absolute Gasteiger partial charge is 0.251 e. The van der Waals surface area contributed by atoms with Crippen molar-refractivity contribution in [1.82, 2.24) is 20.4 Å². The van der Waals surface area contributed by atoms with Crippen LogP contribution in [-0.2, 0) is 17.8 Å². The van der Waals surface area contributed by atoms with Gasteiger partial charge in [-0.15, -0.1) is 0 Å². The Bertz CT molecular complexity index is 1030. The monoisotopic (exact) mass is 406 g/mol. The Hall–Kier alpha value is -3.48. The van der Waals surface area contributed by atoms with Crippen LogP contribution in [0.3, 0.4) is 0 Å². The summed E-state index contributed by atoms with van der Waals surface area (Å²) in [5.41, 5.74) is 3.67. The fourth-order valence-corrected chi connectivity index (χ4v) is 3.77. The summed E-state index contributed by atoms with van der Waals surface area (Å²) in [5, 5.41) is 10.1. The van der Waals surface area contributed by atoms with Gasteiger partial charge >= 0.3 is 0 Å². The van der Waals surface area contributed by atoms with Gasteiger partial charge in [-0.3, -0.25) is 14.3 Å². The molecule has 1 unspecified atom stereocenters. The minimum atomic E-state index is -0.412. The zero-order valence-corrected chi connectivity index (χ0v) is 16.5. The number of nitrogens with zero attached hydrogens (tertiary/aromatic N) is 2. The Kier molecular flexibility index (Phi) is 5.88. The van der Waals surface area contributed by atoms with Crippen LogP contribution in [0.2, 0.25) is 0 Å². The van der Waals surface area contributed by atoms with Crippen LogP contribution in [0.4, 0.5) is 4.39 Å². The maximum Gasteiger partial charge on any atom is 0.251 e. The van der Waals surface area contributed by atoms with Crippen molar-refractivity contribution in [3.63, 3.8) is 0 Å². The number of carbonyl (C=O) groups excluding carboxylic acids is 2. The lowest BCUT2D eigenvalue weighted by Gasteiger charge is -2.24. The van der Waals surface area contributed by atoms with E-state index in [1.165, 1.54) is 29.8 Å². The standard InChI is InChI=1S/C23H23FN4O2/c24-18-11-9-17(10-12-18)23(30)25-14-22(29)27-20-7-4-8-21-19(20)13-26-28(21)15-16-5-2-1-3-6-16/h1-3,5-6,9-13,20H,4,7-8,14-15H2,(H,25,30)(H,27,29). The first-order valence-corrected chi connectivity index (χ1v) is 10.0. The molecule has 6 nitrogen and oxygen atoms in total. The van der Waals surface area contributed by atoms with Crippen molar-refractivity contribution in [3.8, 4) is 0 Å². The minimum Gasteiger partial charge on any atom is -0.348 e. The summed E-state index contributed by atoms with van der Waals surface area (Å²) >= 11 is 0. The van der Waals surface area contributed by atoms with Gasteiger partial charge in [-0.05, 0) is 49.1 Å². The molecule has 3 aromatic rings. The molecular formula is C23H23FN4O2. The third-order valence-electron chi connectivity index (χ3n) is 5.29. The number of rotatable bonds is 6. The van der Waals surface area contributed by atoms with E-state index in [0.29, 0.717) is 12.1 Å². The summed E-state index contributed by atoms with van der Waals surface area (Å²) in [6, 6.07) is 15.2. The number of benzene rings is 2. The molecule has 0 saturated carbocycles. The summed E-state index contributed by atoms with van der Waals surface area (Å²) in [6.45, 7) is 0.560. The van der Waals surface area contributed by atoms with Gasteiger partial charge < -0.3 is 10.6 Å². The van der Waals surface area contributed by atoms with Crippen LogP contribution >= 0.6 is 0 Å². The summed E-state index contributed by atoms with van der Waals surface area (Å²) < 4.78 is 15.0. The van der Waals surface area contributed by atoms with Gasteiger partial charge in [0.2, 0.25) is 5.91 Å². The second-order valence-electron chi connectivity index (χ2n) is 7.39. The van der Waals surface area contributed by atoms with Gasteiger partial charge in [0.05, 0.1) is 25.3 Å². The molecule has 2 aromatic carbocycles. The van der Waals surface area contributed by atoms with Crippen LogP contribution in [-0.4, -0.2) is 28.1 Å². The van der Waals surface area contributed by atoms with Gasteiger partial charge in [-0.25, -0.2) is 4.39 Å². The van der Waals surface area contributed by atoms with Gasteiger partial charge in [0.15, 0.2) is 0 Å². The van der Waals surface area contributed by atoms with Crippen molar-refractivity contribution < 1.29 is 14.0 Å². The number of carbonyl (C=O) groups is 2. The number of fused-ring (bicyclic) bond motifs is 1. The molecule has 30 heavy (non-hydrogen) atoms. The van der Waals surface area contributed by atoms with E-state index in [-0.39, 0.29) is 18.5 Å². The third-order valence-corrected chi connectivity index (χ3v) is 5.29. The van der Waals surface area contributed by atoms with E-state index in [9.17, 15) is 14.0 Å². The molecule has 1 aromatic heterocycles. The largest absolute Gasteiger partial charge is 0.348 e.